The van der Waals surface area contributed by atoms with Gasteiger partial charge in [-0.1, -0.05) is 84.9 Å². The highest BCUT2D eigenvalue weighted by molar-refractivity contribution is 5.86. The Hall–Kier alpha value is -2.43. The summed E-state index contributed by atoms with van der Waals surface area (Å²) in [4.78, 5) is 2.44. The van der Waals surface area contributed by atoms with Crippen molar-refractivity contribution < 1.29 is 0 Å². The highest BCUT2D eigenvalue weighted by Gasteiger charge is 2.02. The molecule has 4 aromatic carbocycles. The largest absolute Gasteiger partial charge is 0.313 e. The number of halogens is 1. The Morgan fingerprint density at radius 3 is 1.48 bits per heavy atom. The van der Waals surface area contributed by atoms with E-state index in [4.69, 9.17) is 0 Å². The summed E-state index contributed by atoms with van der Waals surface area (Å²) in [6, 6.07) is 30.4. The molecule has 0 saturated carbocycles. The summed E-state index contributed by atoms with van der Waals surface area (Å²) in [7, 11) is 2.23. The van der Waals surface area contributed by atoms with Crippen LogP contribution >= 0.6 is 12.4 Å². The van der Waals surface area contributed by atoms with Crippen molar-refractivity contribution in [3.8, 4) is 0 Å². The molecule has 0 saturated heterocycles. The Bertz CT molecular complexity index is 1030. The van der Waals surface area contributed by atoms with Crippen LogP contribution in [0.2, 0.25) is 0 Å². The standard InChI is InChI=1S/C29H35N3.ClH/c1-32(20-8-18-30-22-26-14-6-12-24-10-2-4-16-28(24)26)21-9-19-31-23-27-15-7-13-25-11-3-5-17-29(25)27;/h2-7,10-17,30-31H,8-9,18-23H2,1H3;1H. The summed E-state index contributed by atoms with van der Waals surface area (Å²) < 4.78 is 0. The maximum Gasteiger partial charge on any atom is 0.0211 e. The molecule has 0 amide bonds. The predicted molar refractivity (Wildman–Crippen MR) is 145 cm³/mol. The van der Waals surface area contributed by atoms with Crippen LogP contribution in [0.4, 0.5) is 0 Å². The minimum atomic E-state index is 0. The molecule has 0 heterocycles. The first kappa shape index (κ1) is 25.2. The normalized spacial score (nSPS) is 11.2. The van der Waals surface area contributed by atoms with Gasteiger partial charge in [-0.2, -0.15) is 0 Å². The third kappa shape index (κ3) is 7.28. The molecule has 3 nitrogen and oxygen atoms in total. The predicted octanol–water partition coefficient (Wildman–Crippen LogP) is 6.01. The van der Waals surface area contributed by atoms with Crippen LogP contribution in [0.1, 0.15) is 24.0 Å². The van der Waals surface area contributed by atoms with Gasteiger partial charge in [-0.15, -0.1) is 12.4 Å². The van der Waals surface area contributed by atoms with Gasteiger partial charge in [0.2, 0.25) is 0 Å². The first-order valence-corrected chi connectivity index (χ1v) is 11.8. The van der Waals surface area contributed by atoms with E-state index >= 15 is 0 Å². The quantitative estimate of drug-likeness (QED) is 0.253. The lowest BCUT2D eigenvalue weighted by molar-refractivity contribution is 0.320. The molecule has 4 aromatic rings. The maximum absolute atomic E-state index is 3.62. The van der Waals surface area contributed by atoms with Gasteiger partial charge in [0, 0.05) is 13.1 Å². The van der Waals surface area contributed by atoms with Gasteiger partial charge in [-0.25, -0.2) is 0 Å². The molecule has 0 radical (unpaired) electrons. The van der Waals surface area contributed by atoms with Gasteiger partial charge in [0.1, 0.15) is 0 Å². The fraction of sp³-hybridized carbons (Fsp3) is 0.310. The molecular formula is C29H36ClN3. The molecule has 0 atom stereocenters. The number of hydrogen-bond acceptors (Lipinski definition) is 3. The van der Waals surface area contributed by atoms with Gasteiger partial charge < -0.3 is 15.5 Å². The van der Waals surface area contributed by atoms with Crippen molar-refractivity contribution >= 4 is 34.0 Å². The van der Waals surface area contributed by atoms with Crippen LogP contribution in [-0.4, -0.2) is 38.1 Å². The lowest BCUT2D eigenvalue weighted by Gasteiger charge is -2.17. The van der Waals surface area contributed by atoms with E-state index in [2.05, 4.69) is 108 Å². The van der Waals surface area contributed by atoms with Gasteiger partial charge in [0.25, 0.3) is 0 Å². The molecule has 0 aliphatic rings. The fourth-order valence-corrected chi connectivity index (χ4v) is 4.40. The lowest BCUT2D eigenvalue weighted by Crippen LogP contribution is -2.27. The third-order valence-electron chi connectivity index (χ3n) is 6.18. The number of hydrogen-bond donors (Lipinski definition) is 2. The van der Waals surface area contributed by atoms with Crippen molar-refractivity contribution in [2.24, 2.45) is 0 Å². The Balaban J connectivity index is 0.00000306. The van der Waals surface area contributed by atoms with Crippen molar-refractivity contribution in [3.05, 3.63) is 96.1 Å². The average Bonchev–Trinajstić information content (AvgIpc) is 2.84. The molecule has 0 aliphatic heterocycles. The molecule has 4 heteroatoms. The summed E-state index contributed by atoms with van der Waals surface area (Å²) in [5.41, 5.74) is 2.77. The highest BCUT2D eigenvalue weighted by Crippen LogP contribution is 2.19. The lowest BCUT2D eigenvalue weighted by atomic mass is 10.0. The van der Waals surface area contributed by atoms with E-state index in [9.17, 15) is 0 Å². The number of nitrogens with zero attached hydrogens (tertiary/aromatic N) is 1. The zero-order valence-corrected chi connectivity index (χ0v) is 20.4. The second kappa shape index (κ2) is 13.3. The van der Waals surface area contributed by atoms with Crippen molar-refractivity contribution in [2.45, 2.75) is 25.9 Å². The SMILES string of the molecule is CN(CCCNCc1cccc2ccccc12)CCCNCc1cccc2ccccc12.Cl. The van der Waals surface area contributed by atoms with Gasteiger partial charge >= 0.3 is 0 Å². The minimum absolute atomic E-state index is 0. The topological polar surface area (TPSA) is 27.3 Å². The van der Waals surface area contributed by atoms with Gasteiger partial charge in [-0.05, 0) is 78.7 Å². The second-order valence-electron chi connectivity index (χ2n) is 8.64. The van der Waals surface area contributed by atoms with Crippen LogP contribution < -0.4 is 10.6 Å². The first-order valence-electron chi connectivity index (χ1n) is 11.8. The first-order chi connectivity index (χ1) is 15.8. The van der Waals surface area contributed by atoms with Crippen LogP contribution in [0.25, 0.3) is 21.5 Å². The number of nitrogens with one attached hydrogen (secondary N) is 2. The molecule has 0 fully saturated rings. The zero-order chi connectivity index (χ0) is 22.0. The molecule has 174 valence electrons. The van der Waals surface area contributed by atoms with Crippen molar-refractivity contribution in [1.29, 1.82) is 0 Å². The molecule has 0 spiro atoms. The van der Waals surface area contributed by atoms with Crippen LogP contribution in [0.3, 0.4) is 0 Å². The molecule has 4 rings (SSSR count). The highest BCUT2D eigenvalue weighted by atomic mass is 35.5. The monoisotopic (exact) mass is 461 g/mol. The molecule has 0 unspecified atom stereocenters. The molecule has 33 heavy (non-hydrogen) atoms. The third-order valence-corrected chi connectivity index (χ3v) is 6.18. The number of benzene rings is 4. The van der Waals surface area contributed by atoms with Crippen LogP contribution in [0.5, 0.6) is 0 Å². The van der Waals surface area contributed by atoms with Crippen molar-refractivity contribution in [1.82, 2.24) is 15.5 Å². The van der Waals surface area contributed by atoms with Crippen LogP contribution in [0.15, 0.2) is 84.9 Å². The molecular weight excluding hydrogens is 426 g/mol. The average molecular weight is 462 g/mol. The summed E-state index contributed by atoms with van der Waals surface area (Å²) in [5, 5.41) is 12.6. The van der Waals surface area contributed by atoms with Gasteiger partial charge in [0.05, 0.1) is 0 Å². The second-order valence-corrected chi connectivity index (χ2v) is 8.64. The fourth-order valence-electron chi connectivity index (χ4n) is 4.40. The Kier molecular flexibility index (Phi) is 10.2. The van der Waals surface area contributed by atoms with E-state index in [1.807, 2.05) is 0 Å². The van der Waals surface area contributed by atoms with E-state index in [1.54, 1.807) is 0 Å². The molecule has 0 aromatic heterocycles. The minimum Gasteiger partial charge on any atom is -0.313 e. The summed E-state index contributed by atoms with van der Waals surface area (Å²) in [5.74, 6) is 0. The van der Waals surface area contributed by atoms with Crippen molar-refractivity contribution in [3.63, 3.8) is 0 Å². The molecule has 0 bridgehead atoms. The van der Waals surface area contributed by atoms with E-state index in [0.717, 1.165) is 39.3 Å². The van der Waals surface area contributed by atoms with Crippen molar-refractivity contribution in [2.75, 3.05) is 33.2 Å². The molecule has 0 aliphatic carbocycles. The zero-order valence-electron chi connectivity index (χ0n) is 19.6. The molecule has 2 N–H and O–H groups in total. The summed E-state index contributed by atoms with van der Waals surface area (Å²) >= 11 is 0. The van der Waals surface area contributed by atoms with Crippen LogP contribution in [-0.2, 0) is 13.1 Å². The summed E-state index contributed by atoms with van der Waals surface area (Å²) in [6.07, 6.45) is 2.34. The van der Waals surface area contributed by atoms with E-state index in [-0.39, 0.29) is 12.4 Å². The van der Waals surface area contributed by atoms with Gasteiger partial charge in [-0.3, -0.25) is 0 Å². The van der Waals surface area contributed by atoms with E-state index < -0.39 is 0 Å². The van der Waals surface area contributed by atoms with E-state index in [0.29, 0.717) is 0 Å². The Morgan fingerprint density at radius 2 is 1.00 bits per heavy atom. The Labute approximate surface area is 204 Å². The van der Waals surface area contributed by atoms with Crippen LogP contribution in [0, 0.1) is 0 Å². The van der Waals surface area contributed by atoms with Gasteiger partial charge in [0.15, 0.2) is 0 Å². The smallest absolute Gasteiger partial charge is 0.0211 e. The van der Waals surface area contributed by atoms with E-state index in [1.165, 1.54) is 45.5 Å². The maximum atomic E-state index is 3.62. The number of fused-ring (bicyclic) bond motifs is 2. The number of rotatable bonds is 12. The Morgan fingerprint density at radius 1 is 0.576 bits per heavy atom. The summed E-state index contributed by atoms with van der Waals surface area (Å²) in [6.45, 7) is 6.23.